The monoisotopic (exact) mass is 342 g/mol. The molecule has 1 rings (SSSR count). The van der Waals surface area contributed by atoms with Crippen molar-refractivity contribution in [1.29, 1.82) is 0 Å². The van der Waals surface area contributed by atoms with Crippen LogP contribution in [0.25, 0.3) is 0 Å². The maximum absolute atomic E-state index is 13.5. The fourth-order valence-electron chi connectivity index (χ4n) is 2.25. The number of hydrogen-bond acceptors (Lipinski definition) is 2. The first-order chi connectivity index (χ1) is 10.3. The van der Waals surface area contributed by atoms with Crippen molar-refractivity contribution in [1.82, 2.24) is 0 Å². The Kier molecular flexibility index (Phi) is 6.95. The molecule has 0 unspecified atom stereocenters. The van der Waals surface area contributed by atoms with Gasteiger partial charge in [0.2, 0.25) is 5.82 Å². The van der Waals surface area contributed by atoms with E-state index in [2.05, 4.69) is 0 Å². The zero-order valence-corrected chi connectivity index (χ0v) is 13.7. The van der Waals surface area contributed by atoms with Crippen molar-refractivity contribution >= 4 is 8.56 Å². The summed E-state index contributed by atoms with van der Waals surface area (Å²) in [5, 5.41) is 0. The van der Waals surface area contributed by atoms with Crippen molar-refractivity contribution in [2.24, 2.45) is 0 Å². The molecule has 0 heterocycles. The Hall–Kier alpha value is -0.993. The highest BCUT2D eigenvalue weighted by Crippen LogP contribution is 2.26. The Morgan fingerprint density at radius 2 is 1.18 bits per heavy atom. The van der Waals surface area contributed by atoms with Crippen molar-refractivity contribution in [2.45, 2.75) is 39.3 Å². The molecule has 0 aliphatic rings. The van der Waals surface area contributed by atoms with Crippen molar-refractivity contribution < 1.29 is 30.8 Å². The zero-order valence-electron chi connectivity index (χ0n) is 12.7. The summed E-state index contributed by atoms with van der Waals surface area (Å²) < 4.78 is 77.4. The molecule has 126 valence electrons. The summed E-state index contributed by atoms with van der Waals surface area (Å²) in [5.41, 5.74) is -0.791. The molecule has 0 N–H and O–H groups in total. The molecule has 0 radical (unpaired) electrons. The van der Waals surface area contributed by atoms with Gasteiger partial charge in [0.15, 0.2) is 23.3 Å². The summed E-state index contributed by atoms with van der Waals surface area (Å²) in [6.07, 6.45) is -0.0599. The van der Waals surface area contributed by atoms with Gasteiger partial charge in [-0.2, -0.15) is 0 Å². The second-order valence-corrected chi connectivity index (χ2v) is 8.25. The Morgan fingerprint density at radius 3 is 1.59 bits per heavy atom. The van der Waals surface area contributed by atoms with Gasteiger partial charge in [0.1, 0.15) is 0 Å². The highest BCUT2D eigenvalue weighted by Gasteiger charge is 2.31. The van der Waals surface area contributed by atoms with E-state index in [9.17, 15) is 22.0 Å². The number of halogens is 5. The van der Waals surface area contributed by atoms with Crippen LogP contribution in [-0.2, 0) is 15.3 Å². The predicted octanol–water partition coefficient (Wildman–Crippen LogP) is 4.46. The molecule has 0 aromatic heterocycles. The van der Waals surface area contributed by atoms with Crippen LogP contribution in [-0.4, -0.2) is 21.8 Å². The smallest absolute Gasteiger partial charge is 0.334 e. The average Bonchev–Trinajstić information content (AvgIpc) is 2.47. The molecule has 0 aliphatic carbocycles. The molecule has 8 heteroatoms. The molecule has 0 atom stereocenters. The minimum Gasteiger partial charge on any atom is -0.395 e. The highest BCUT2D eigenvalue weighted by atomic mass is 28.4. The fourth-order valence-corrected chi connectivity index (χ4v) is 4.67. The Labute approximate surface area is 127 Å². The lowest BCUT2D eigenvalue weighted by molar-refractivity contribution is 0.188. The van der Waals surface area contributed by atoms with Crippen LogP contribution in [0.5, 0.6) is 0 Å². The van der Waals surface area contributed by atoms with Crippen LogP contribution < -0.4 is 0 Å². The lowest BCUT2D eigenvalue weighted by atomic mass is 10.1. The van der Waals surface area contributed by atoms with Crippen LogP contribution in [0.3, 0.4) is 0 Å². The largest absolute Gasteiger partial charge is 0.395 e. The Balaban J connectivity index is 2.85. The van der Waals surface area contributed by atoms with E-state index >= 15 is 0 Å². The summed E-state index contributed by atoms with van der Waals surface area (Å²) in [6, 6.07) is 0.397. The molecule has 0 bridgehead atoms. The summed E-state index contributed by atoms with van der Waals surface area (Å²) >= 11 is 0. The maximum Gasteiger partial charge on any atom is 0.334 e. The lowest BCUT2D eigenvalue weighted by Crippen LogP contribution is -2.38. The van der Waals surface area contributed by atoms with Gasteiger partial charge in [-0.1, -0.05) is 0 Å². The highest BCUT2D eigenvalue weighted by molar-refractivity contribution is 6.66. The van der Waals surface area contributed by atoms with Crippen molar-refractivity contribution in [3.8, 4) is 0 Å². The van der Waals surface area contributed by atoms with Crippen LogP contribution in [0, 0.1) is 29.1 Å². The first-order valence-electron chi connectivity index (χ1n) is 7.05. The van der Waals surface area contributed by atoms with Crippen LogP contribution in [0.2, 0.25) is 12.6 Å². The molecular weight excluding hydrogens is 323 g/mol. The second kappa shape index (κ2) is 8.03. The third-order valence-electron chi connectivity index (χ3n) is 3.26. The van der Waals surface area contributed by atoms with Gasteiger partial charge >= 0.3 is 8.56 Å². The van der Waals surface area contributed by atoms with Crippen molar-refractivity contribution in [2.75, 3.05) is 13.2 Å². The standard InChI is InChI=1S/C14H19F5O2Si/c1-4-20-22(3,21-5-2)8-6-7-9-10(15)12(17)14(19)13(18)11(9)16/h4-8H2,1-3H3. The molecule has 1 aromatic carbocycles. The predicted molar refractivity (Wildman–Crippen MR) is 74.2 cm³/mol. The molecule has 22 heavy (non-hydrogen) atoms. The average molecular weight is 342 g/mol. The summed E-state index contributed by atoms with van der Waals surface area (Å²) in [6.45, 7) is 6.28. The zero-order chi connectivity index (χ0) is 16.9. The minimum absolute atomic E-state index is 0.209. The van der Waals surface area contributed by atoms with Crippen molar-refractivity contribution in [3.63, 3.8) is 0 Å². The quantitative estimate of drug-likeness (QED) is 0.301. The van der Waals surface area contributed by atoms with Crippen LogP contribution in [0.4, 0.5) is 22.0 Å². The second-order valence-electron chi connectivity index (χ2n) is 4.90. The SMILES string of the molecule is CCO[Si](C)(CCCc1c(F)c(F)c(F)c(F)c1F)OCC. The normalized spacial score (nSPS) is 12.0. The van der Waals surface area contributed by atoms with Gasteiger partial charge < -0.3 is 8.85 Å². The van der Waals surface area contributed by atoms with Gasteiger partial charge in [0.05, 0.1) is 0 Å². The Bertz CT molecular complexity index is 489. The van der Waals surface area contributed by atoms with Gasteiger partial charge in [-0.3, -0.25) is 0 Å². The lowest BCUT2D eigenvalue weighted by Gasteiger charge is -2.25. The van der Waals surface area contributed by atoms with Crippen LogP contribution >= 0.6 is 0 Å². The van der Waals surface area contributed by atoms with E-state index in [0.717, 1.165) is 0 Å². The molecule has 0 saturated heterocycles. The van der Waals surface area contributed by atoms with Crippen LogP contribution in [0.1, 0.15) is 25.8 Å². The molecule has 0 saturated carbocycles. The van der Waals surface area contributed by atoms with Gasteiger partial charge in [0.25, 0.3) is 0 Å². The van der Waals surface area contributed by atoms with E-state index in [1.165, 1.54) is 0 Å². The van der Waals surface area contributed by atoms with Gasteiger partial charge in [0, 0.05) is 18.8 Å². The first-order valence-corrected chi connectivity index (χ1v) is 9.58. The molecule has 1 aromatic rings. The van der Waals surface area contributed by atoms with Crippen molar-refractivity contribution in [3.05, 3.63) is 34.6 Å². The summed E-state index contributed by atoms with van der Waals surface area (Å²) in [4.78, 5) is 0. The van der Waals surface area contributed by atoms with E-state index in [1.807, 2.05) is 0 Å². The van der Waals surface area contributed by atoms with Gasteiger partial charge in [-0.05, 0) is 39.3 Å². The van der Waals surface area contributed by atoms with Crippen LogP contribution in [0.15, 0.2) is 0 Å². The summed E-state index contributed by atoms with van der Waals surface area (Å²) in [5.74, 6) is -9.51. The number of rotatable bonds is 8. The first kappa shape index (κ1) is 19.1. The molecule has 2 nitrogen and oxygen atoms in total. The summed E-state index contributed by atoms with van der Waals surface area (Å²) in [7, 11) is -2.48. The van der Waals surface area contributed by atoms with E-state index in [4.69, 9.17) is 8.85 Å². The Morgan fingerprint density at radius 1 is 0.773 bits per heavy atom. The molecule has 0 fully saturated rings. The van der Waals surface area contributed by atoms with Gasteiger partial charge in [-0.25, -0.2) is 22.0 Å². The van der Waals surface area contributed by atoms with E-state index < -0.39 is 43.2 Å². The third-order valence-corrected chi connectivity index (χ3v) is 6.32. The maximum atomic E-state index is 13.5. The van der Waals surface area contributed by atoms with E-state index in [1.54, 1.807) is 20.4 Å². The molecule has 0 aliphatic heterocycles. The number of hydrogen-bond donors (Lipinski definition) is 0. The third kappa shape index (κ3) is 4.27. The fraction of sp³-hybridized carbons (Fsp3) is 0.571. The molecule has 0 amide bonds. The molecule has 0 spiro atoms. The topological polar surface area (TPSA) is 18.5 Å². The van der Waals surface area contributed by atoms with Gasteiger partial charge in [-0.15, -0.1) is 0 Å². The minimum atomic E-state index is -2.48. The van der Waals surface area contributed by atoms with E-state index in [0.29, 0.717) is 19.3 Å². The van der Waals surface area contributed by atoms with E-state index in [-0.39, 0.29) is 12.8 Å². The molecular formula is C14H19F5O2Si. The number of benzene rings is 1.